The van der Waals surface area contributed by atoms with Gasteiger partial charge in [0, 0.05) is 16.8 Å². The molecule has 0 amide bonds. The van der Waals surface area contributed by atoms with Gasteiger partial charge in [-0.05, 0) is 42.0 Å². The minimum absolute atomic E-state index is 0.0626. The number of hydrazone groups is 1. The van der Waals surface area contributed by atoms with Gasteiger partial charge in [0.1, 0.15) is 5.69 Å². The smallest absolute Gasteiger partial charge is 0.280 e. The summed E-state index contributed by atoms with van der Waals surface area (Å²) < 4.78 is 27.5. The zero-order chi connectivity index (χ0) is 20.9. The fourth-order valence-corrected chi connectivity index (χ4v) is 3.58. The van der Waals surface area contributed by atoms with Crippen LogP contribution in [0, 0.1) is 10.1 Å². The normalized spacial score (nSPS) is 11.3. The Bertz CT molecular complexity index is 1150. The lowest BCUT2D eigenvalue weighted by Crippen LogP contribution is -2.13. The highest BCUT2D eigenvalue weighted by molar-refractivity contribution is 7.92. The number of nitro benzene ring substituents is 1. The number of hydrogen-bond acceptors (Lipinski definition) is 6. The van der Waals surface area contributed by atoms with E-state index in [1.54, 1.807) is 0 Å². The molecule has 3 aromatic rings. The molecule has 0 radical (unpaired) electrons. The van der Waals surface area contributed by atoms with Crippen molar-refractivity contribution in [1.29, 1.82) is 0 Å². The molecule has 3 aromatic carbocycles. The fraction of sp³-hybridized carbons (Fsp3) is 0. The molecule has 0 saturated carbocycles. The van der Waals surface area contributed by atoms with Gasteiger partial charge >= 0.3 is 0 Å². The number of nitro groups is 1. The summed E-state index contributed by atoms with van der Waals surface area (Å²) in [4.78, 5) is 10.5. The van der Waals surface area contributed by atoms with Gasteiger partial charge in [-0.25, -0.2) is 8.42 Å². The van der Waals surface area contributed by atoms with Gasteiger partial charge in [0.15, 0.2) is 0 Å². The van der Waals surface area contributed by atoms with Crippen LogP contribution in [-0.2, 0) is 10.0 Å². The number of benzene rings is 3. The van der Waals surface area contributed by atoms with Gasteiger partial charge in [0.25, 0.3) is 15.7 Å². The van der Waals surface area contributed by atoms with Crippen LogP contribution in [0.15, 0.2) is 82.8 Å². The minimum atomic E-state index is -4.03. The summed E-state index contributed by atoms with van der Waals surface area (Å²) in [5, 5.41) is 15.8. The third-order valence-corrected chi connectivity index (χ3v) is 5.40. The lowest BCUT2D eigenvalue weighted by atomic mass is 10.2. The summed E-state index contributed by atoms with van der Waals surface area (Å²) in [6.07, 6.45) is 1.50. The lowest BCUT2D eigenvalue weighted by Gasteiger charge is -2.09. The molecule has 0 aliphatic heterocycles. The molecule has 2 N–H and O–H groups in total. The Hall–Kier alpha value is -3.43. The Morgan fingerprint density at radius 1 is 1.00 bits per heavy atom. The molecule has 0 heterocycles. The topological polar surface area (TPSA) is 114 Å². The van der Waals surface area contributed by atoms with Crippen molar-refractivity contribution in [2.75, 3.05) is 10.1 Å². The second-order valence-corrected chi connectivity index (χ2v) is 7.95. The predicted octanol–water partition coefficient (Wildman–Crippen LogP) is 4.50. The molecule has 0 bridgehead atoms. The molecule has 0 spiro atoms. The molecule has 0 atom stereocenters. The molecule has 0 fully saturated rings. The van der Waals surface area contributed by atoms with Crippen LogP contribution in [0.4, 0.5) is 17.1 Å². The molecular weight excluding hydrogens is 416 g/mol. The van der Waals surface area contributed by atoms with E-state index in [1.807, 2.05) is 30.3 Å². The molecule has 0 aliphatic carbocycles. The maximum atomic E-state index is 12.6. The second kappa shape index (κ2) is 8.72. The van der Waals surface area contributed by atoms with Crippen molar-refractivity contribution in [3.8, 4) is 0 Å². The summed E-state index contributed by atoms with van der Waals surface area (Å²) in [6.45, 7) is 0. The number of nitrogens with one attached hydrogen (secondary N) is 2. The van der Waals surface area contributed by atoms with Gasteiger partial charge in [-0.1, -0.05) is 41.9 Å². The summed E-state index contributed by atoms with van der Waals surface area (Å²) >= 11 is 5.78. The molecule has 148 valence electrons. The highest BCUT2D eigenvalue weighted by Crippen LogP contribution is 2.28. The molecule has 29 heavy (non-hydrogen) atoms. The van der Waals surface area contributed by atoms with Crippen LogP contribution < -0.4 is 10.1 Å². The van der Waals surface area contributed by atoms with Crippen molar-refractivity contribution < 1.29 is 13.3 Å². The van der Waals surface area contributed by atoms with Crippen molar-refractivity contribution >= 4 is 44.9 Å². The van der Waals surface area contributed by atoms with E-state index >= 15 is 0 Å². The molecule has 0 unspecified atom stereocenters. The van der Waals surface area contributed by atoms with E-state index < -0.39 is 20.6 Å². The minimum Gasteiger partial charge on any atom is -0.280 e. The molecule has 0 aromatic heterocycles. The van der Waals surface area contributed by atoms with Crippen LogP contribution in [0.5, 0.6) is 0 Å². The standard InChI is InChI=1S/C19H15ClN4O4S/c20-15-6-8-16(9-7-15)23-29(27,28)17-10-11-18(19(12-17)24(25)26)22-21-13-14-4-2-1-3-5-14/h1-13,22-23H. The number of halogens is 1. The maximum absolute atomic E-state index is 12.6. The highest BCUT2D eigenvalue weighted by Gasteiger charge is 2.21. The van der Waals surface area contributed by atoms with Crippen LogP contribution in [0.2, 0.25) is 5.02 Å². The Morgan fingerprint density at radius 2 is 1.69 bits per heavy atom. The largest absolute Gasteiger partial charge is 0.295 e. The average molecular weight is 431 g/mol. The van der Waals surface area contributed by atoms with E-state index in [0.29, 0.717) is 5.02 Å². The molecule has 3 rings (SSSR count). The number of rotatable bonds is 7. The first-order valence-electron chi connectivity index (χ1n) is 8.26. The van der Waals surface area contributed by atoms with Crippen molar-refractivity contribution in [3.63, 3.8) is 0 Å². The molecular formula is C19H15ClN4O4S. The summed E-state index contributed by atoms with van der Waals surface area (Å²) in [6, 6.07) is 18.7. The quantitative estimate of drug-likeness (QED) is 0.325. The van der Waals surface area contributed by atoms with Gasteiger partial charge < -0.3 is 0 Å². The van der Waals surface area contributed by atoms with E-state index in [0.717, 1.165) is 11.6 Å². The predicted molar refractivity (Wildman–Crippen MR) is 113 cm³/mol. The summed E-state index contributed by atoms with van der Waals surface area (Å²) in [7, 11) is -4.03. The van der Waals surface area contributed by atoms with Crippen molar-refractivity contribution in [2.45, 2.75) is 4.90 Å². The Labute approximate surface area is 172 Å². The maximum Gasteiger partial charge on any atom is 0.295 e. The van der Waals surface area contributed by atoms with Crippen molar-refractivity contribution in [1.82, 2.24) is 0 Å². The van der Waals surface area contributed by atoms with Gasteiger partial charge in [0.05, 0.1) is 16.0 Å². The van der Waals surface area contributed by atoms with Crippen LogP contribution in [0.1, 0.15) is 5.56 Å². The zero-order valence-electron chi connectivity index (χ0n) is 14.8. The number of hydrogen-bond donors (Lipinski definition) is 2. The number of sulfonamides is 1. The first-order valence-corrected chi connectivity index (χ1v) is 10.1. The Morgan fingerprint density at radius 3 is 2.34 bits per heavy atom. The van der Waals surface area contributed by atoms with E-state index in [4.69, 9.17) is 11.6 Å². The first kappa shape index (κ1) is 20.3. The summed E-state index contributed by atoms with van der Waals surface area (Å²) in [5.41, 5.74) is 3.30. The third-order valence-electron chi connectivity index (χ3n) is 3.77. The van der Waals surface area contributed by atoms with E-state index in [9.17, 15) is 18.5 Å². The van der Waals surface area contributed by atoms with Crippen LogP contribution in [0.25, 0.3) is 0 Å². The third kappa shape index (κ3) is 5.31. The van der Waals surface area contributed by atoms with E-state index in [2.05, 4.69) is 15.2 Å². The SMILES string of the molecule is O=[N+]([O-])c1cc(S(=O)(=O)Nc2ccc(Cl)cc2)ccc1NN=Cc1ccccc1. The average Bonchev–Trinajstić information content (AvgIpc) is 2.70. The van der Waals surface area contributed by atoms with E-state index in [-0.39, 0.29) is 16.3 Å². The summed E-state index contributed by atoms with van der Waals surface area (Å²) in [5.74, 6) is 0. The fourth-order valence-electron chi connectivity index (χ4n) is 2.37. The van der Waals surface area contributed by atoms with Gasteiger partial charge in [0.2, 0.25) is 0 Å². The first-order chi connectivity index (χ1) is 13.8. The monoisotopic (exact) mass is 430 g/mol. The van der Waals surface area contributed by atoms with Crippen LogP contribution in [-0.4, -0.2) is 19.6 Å². The molecule has 8 nitrogen and oxygen atoms in total. The highest BCUT2D eigenvalue weighted by atomic mass is 35.5. The van der Waals surface area contributed by atoms with E-state index in [1.165, 1.54) is 42.6 Å². The van der Waals surface area contributed by atoms with Gasteiger partial charge in [-0.2, -0.15) is 5.10 Å². The van der Waals surface area contributed by atoms with Crippen molar-refractivity contribution in [3.05, 3.63) is 93.5 Å². The lowest BCUT2D eigenvalue weighted by molar-refractivity contribution is -0.384. The number of anilines is 2. The van der Waals surface area contributed by atoms with Crippen molar-refractivity contribution in [2.24, 2.45) is 5.10 Å². The van der Waals surface area contributed by atoms with Gasteiger partial charge in [-0.3, -0.25) is 20.3 Å². The molecule has 0 aliphatic rings. The Kier molecular flexibility index (Phi) is 6.10. The second-order valence-electron chi connectivity index (χ2n) is 5.83. The number of nitrogens with zero attached hydrogens (tertiary/aromatic N) is 2. The zero-order valence-corrected chi connectivity index (χ0v) is 16.4. The molecule has 0 saturated heterocycles. The van der Waals surface area contributed by atoms with Crippen LogP contribution >= 0.6 is 11.6 Å². The van der Waals surface area contributed by atoms with Gasteiger partial charge in [-0.15, -0.1) is 0 Å². The Balaban J connectivity index is 1.84. The molecule has 10 heteroatoms. The van der Waals surface area contributed by atoms with Crippen LogP contribution in [0.3, 0.4) is 0 Å².